The van der Waals surface area contributed by atoms with Gasteiger partial charge in [-0.3, -0.25) is 9.59 Å². The third-order valence-electron chi connectivity index (χ3n) is 3.42. The number of benzene rings is 1. The molecule has 0 saturated carbocycles. The van der Waals surface area contributed by atoms with Crippen molar-refractivity contribution in [3.63, 3.8) is 0 Å². The molecule has 2 amide bonds. The van der Waals surface area contributed by atoms with Crippen LogP contribution in [0.2, 0.25) is 5.02 Å². The van der Waals surface area contributed by atoms with Crippen LogP contribution in [0.15, 0.2) is 22.7 Å². The van der Waals surface area contributed by atoms with E-state index in [1.807, 2.05) is 0 Å². The van der Waals surface area contributed by atoms with E-state index in [0.29, 0.717) is 28.3 Å². The molecule has 114 valence electrons. The number of hydrogen-bond acceptors (Lipinski definition) is 3. The van der Waals surface area contributed by atoms with Gasteiger partial charge in [-0.05, 0) is 47.0 Å². The van der Waals surface area contributed by atoms with Crippen molar-refractivity contribution in [3.05, 3.63) is 27.7 Å². The monoisotopic (exact) mass is 374 g/mol. The Hall–Kier alpha value is -1.27. The Morgan fingerprint density at radius 3 is 2.90 bits per heavy atom. The van der Waals surface area contributed by atoms with Gasteiger partial charge < -0.3 is 15.4 Å². The molecule has 2 N–H and O–H groups in total. The highest BCUT2D eigenvalue weighted by Gasteiger charge is 2.27. The molecular weight excluding hydrogens is 360 g/mol. The van der Waals surface area contributed by atoms with Crippen LogP contribution in [0.5, 0.6) is 5.75 Å². The Balaban J connectivity index is 1.90. The molecule has 1 heterocycles. The second-order valence-electron chi connectivity index (χ2n) is 4.94. The van der Waals surface area contributed by atoms with Crippen LogP contribution in [0.4, 0.5) is 0 Å². The standard InChI is InChI=1S/C14H16BrClN2O3/c15-11-6-10(16)3-4-12(11)21-8-13(19)18-5-1-2-9(7-18)14(17)20/h3-4,6,9H,1-2,5,7-8H2,(H2,17,20). The number of carbonyl (C=O) groups is 2. The topological polar surface area (TPSA) is 72.6 Å². The average Bonchev–Trinajstić information content (AvgIpc) is 2.46. The zero-order chi connectivity index (χ0) is 15.4. The molecule has 0 spiro atoms. The van der Waals surface area contributed by atoms with E-state index in [1.165, 1.54) is 0 Å². The van der Waals surface area contributed by atoms with Gasteiger partial charge >= 0.3 is 0 Å². The van der Waals surface area contributed by atoms with Crippen LogP contribution in [-0.4, -0.2) is 36.4 Å². The molecule has 1 aromatic carbocycles. The number of nitrogens with two attached hydrogens (primary N) is 1. The number of carbonyl (C=O) groups excluding carboxylic acids is 2. The predicted octanol–water partition coefficient (Wildman–Crippen LogP) is 2.21. The molecule has 1 unspecified atom stereocenters. The number of ether oxygens (including phenoxy) is 1. The first-order valence-corrected chi connectivity index (χ1v) is 7.79. The summed E-state index contributed by atoms with van der Waals surface area (Å²) >= 11 is 9.17. The smallest absolute Gasteiger partial charge is 0.260 e. The number of rotatable bonds is 4. The van der Waals surface area contributed by atoms with Crippen molar-refractivity contribution in [2.24, 2.45) is 11.7 Å². The number of amides is 2. The van der Waals surface area contributed by atoms with Gasteiger partial charge in [0.15, 0.2) is 6.61 Å². The van der Waals surface area contributed by atoms with Crippen molar-refractivity contribution in [1.82, 2.24) is 4.90 Å². The van der Waals surface area contributed by atoms with Gasteiger partial charge in [-0.15, -0.1) is 0 Å². The second-order valence-corrected chi connectivity index (χ2v) is 6.24. The van der Waals surface area contributed by atoms with Crippen LogP contribution in [0.25, 0.3) is 0 Å². The lowest BCUT2D eigenvalue weighted by Gasteiger charge is -2.31. The zero-order valence-corrected chi connectivity index (χ0v) is 13.7. The maximum Gasteiger partial charge on any atom is 0.260 e. The fourth-order valence-corrected chi connectivity index (χ4v) is 3.06. The zero-order valence-electron chi connectivity index (χ0n) is 11.4. The van der Waals surface area contributed by atoms with Crippen molar-refractivity contribution >= 4 is 39.3 Å². The summed E-state index contributed by atoms with van der Waals surface area (Å²) in [5.41, 5.74) is 5.30. The van der Waals surface area contributed by atoms with Gasteiger partial charge in [0, 0.05) is 18.1 Å². The molecule has 5 nitrogen and oxygen atoms in total. The van der Waals surface area contributed by atoms with E-state index in [-0.39, 0.29) is 24.3 Å². The highest BCUT2D eigenvalue weighted by molar-refractivity contribution is 9.10. The average molecular weight is 376 g/mol. The largest absolute Gasteiger partial charge is 0.483 e. The molecule has 1 aromatic rings. The van der Waals surface area contributed by atoms with Crippen molar-refractivity contribution in [2.45, 2.75) is 12.8 Å². The van der Waals surface area contributed by atoms with Crippen molar-refractivity contribution in [3.8, 4) is 5.75 Å². The molecule has 7 heteroatoms. The highest BCUT2D eigenvalue weighted by atomic mass is 79.9. The minimum absolute atomic E-state index is 0.0777. The summed E-state index contributed by atoms with van der Waals surface area (Å²) in [6.45, 7) is 0.929. The number of primary amides is 1. The molecular formula is C14H16BrClN2O3. The van der Waals surface area contributed by atoms with Gasteiger partial charge in [-0.2, -0.15) is 0 Å². The second kappa shape index (κ2) is 7.13. The van der Waals surface area contributed by atoms with Gasteiger partial charge in [0.25, 0.3) is 5.91 Å². The third kappa shape index (κ3) is 4.35. The predicted molar refractivity (Wildman–Crippen MR) is 83.1 cm³/mol. The molecule has 1 fully saturated rings. The number of halogens is 2. The molecule has 0 aliphatic carbocycles. The Kier molecular flexibility index (Phi) is 5.47. The minimum Gasteiger partial charge on any atom is -0.483 e. The van der Waals surface area contributed by atoms with Gasteiger partial charge in [-0.25, -0.2) is 0 Å². The lowest BCUT2D eigenvalue weighted by Crippen LogP contribution is -2.45. The number of piperidine rings is 1. The first-order chi connectivity index (χ1) is 9.97. The van der Waals surface area contributed by atoms with Gasteiger partial charge in [-0.1, -0.05) is 11.6 Å². The first-order valence-electron chi connectivity index (χ1n) is 6.62. The van der Waals surface area contributed by atoms with Crippen LogP contribution in [-0.2, 0) is 9.59 Å². The van der Waals surface area contributed by atoms with E-state index in [4.69, 9.17) is 22.1 Å². The van der Waals surface area contributed by atoms with Crippen molar-refractivity contribution in [2.75, 3.05) is 19.7 Å². The maximum atomic E-state index is 12.1. The first kappa shape index (κ1) is 16.1. The highest BCUT2D eigenvalue weighted by Crippen LogP contribution is 2.28. The molecule has 0 radical (unpaired) electrons. The van der Waals surface area contributed by atoms with Crippen LogP contribution < -0.4 is 10.5 Å². The Morgan fingerprint density at radius 1 is 1.48 bits per heavy atom. The van der Waals surface area contributed by atoms with Crippen LogP contribution in [0.1, 0.15) is 12.8 Å². The van der Waals surface area contributed by atoms with Crippen molar-refractivity contribution in [1.29, 1.82) is 0 Å². The summed E-state index contributed by atoms with van der Waals surface area (Å²) in [5.74, 6) is -0.210. The Bertz CT molecular complexity index is 553. The van der Waals surface area contributed by atoms with E-state index in [2.05, 4.69) is 15.9 Å². The molecule has 2 rings (SSSR count). The maximum absolute atomic E-state index is 12.1. The SMILES string of the molecule is NC(=O)C1CCCN(C(=O)COc2ccc(Cl)cc2Br)C1. The van der Waals surface area contributed by atoms with Crippen molar-refractivity contribution < 1.29 is 14.3 Å². The fourth-order valence-electron chi connectivity index (χ4n) is 2.26. The van der Waals surface area contributed by atoms with E-state index in [9.17, 15) is 9.59 Å². The minimum atomic E-state index is -0.353. The summed E-state index contributed by atoms with van der Waals surface area (Å²) in [6.07, 6.45) is 1.52. The Morgan fingerprint density at radius 2 is 2.24 bits per heavy atom. The van der Waals surface area contributed by atoms with Gasteiger partial charge in [0.2, 0.25) is 5.91 Å². The fraction of sp³-hybridized carbons (Fsp3) is 0.429. The molecule has 1 aliphatic heterocycles. The van der Waals surface area contributed by atoms with Gasteiger partial charge in [0.05, 0.1) is 10.4 Å². The summed E-state index contributed by atoms with van der Waals surface area (Å²) < 4.78 is 6.18. The van der Waals surface area contributed by atoms with E-state index in [1.54, 1.807) is 23.1 Å². The lowest BCUT2D eigenvalue weighted by molar-refractivity contribution is -0.136. The van der Waals surface area contributed by atoms with E-state index >= 15 is 0 Å². The lowest BCUT2D eigenvalue weighted by atomic mass is 9.97. The summed E-state index contributed by atoms with van der Waals surface area (Å²) in [7, 11) is 0. The molecule has 1 aliphatic rings. The van der Waals surface area contributed by atoms with Crippen LogP contribution >= 0.6 is 27.5 Å². The third-order valence-corrected chi connectivity index (χ3v) is 4.28. The molecule has 1 atom stereocenters. The number of likely N-dealkylation sites (tertiary alicyclic amines) is 1. The summed E-state index contributed by atoms with van der Waals surface area (Å²) in [6, 6.07) is 5.09. The van der Waals surface area contributed by atoms with Crippen LogP contribution in [0.3, 0.4) is 0 Å². The summed E-state index contributed by atoms with van der Waals surface area (Å²) in [4.78, 5) is 25.0. The summed E-state index contributed by atoms with van der Waals surface area (Å²) in [5, 5.41) is 0.584. The van der Waals surface area contributed by atoms with Crippen LogP contribution in [0, 0.1) is 5.92 Å². The molecule has 0 bridgehead atoms. The quantitative estimate of drug-likeness (QED) is 0.877. The van der Waals surface area contributed by atoms with E-state index < -0.39 is 0 Å². The molecule has 21 heavy (non-hydrogen) atoms. The normalized spacial score (nSPS) is 18.4. The number of hydrogen-bond donors (Lipinski definition) is 1. The Labute approximate surface area is 136 Å². The number of nitrogens with zero attached hydrogens (tertiary/aromatic N) is 1. The molecule has 1 saturated heterocycles. The van der Waals surface area contributed by atoms with Gasteiger partial charge in [0.1, 0.15) is 5.75 Å². The molecule has 0 aromatic heterocycles. The van der Waals surface area contributed by atoms with E-state index in [0.717, 1.165) is 12.8 Å².